The molecule has 0 nitrogen and oxygen atoms in total. The van der Waals surface area contributed by atoms with Gasteiger partial charge in [-0.15, -0.1) is 0 Å². The number of allylic oxidation sites excluding steroid dienone is 8. The Balaban J connectivity index is 2.61. The summed E-state index contributed by atoms with van der Waals surface area (Å²) in [7, 11) is 15.8. The van der Waals surface area contributed by atoms with Gasteiger partial charge in [0.05, 0.1) is 0 Å². The summed E-state index contributed by atoms with van der Waals surface area (Å²) in [5.74, 6) is 0. The van der Waals surface area contributed by atoms with Crippen LogP contribution in [-0.2, 0) is 12.4 Å². The number of rotatable bonds is 9. The summed E-state index contributed by atoms with van der Waals surface area (Å²) in [6, 6.07) is 0. The molecule has 0 aromatic carbocycles. The molecule has 0 radical (unpaired) electrons. The van der Waals surface area contributed by atoms with E-state index in [0.29, 0.717) is 8.45 Å². The normalized spacial score (nSPS) is 24.9. The molecule has 0 aromatic heterocycles. The van der Waals surface area contributed by atoms with Crippen molar-refractivity contribution in [2.75, 3.05) is 0 Å². The Labute approximate surface area is 171 Å². The van der Waals surface area contributed by atoms with E-state index in [9.17, 15) is 0 Å². The summed E-state index contributed by atoms with van der Waals surface area (Å²) in [4.78, 5) is 0. The fourth-order valence-electron chi connectivity index (χ4n) is 4.81. The maximum absolute atomic E-state index is 7.90. The van der Waals surface area contributed by atoms with Crippen molar-refractivity contribution >= 4 is 25.3 Å². The van der Waals surface area contributed by atoms with Gasteiger partial charge in [0, 0.05) is 0 Å². The molecule has 0 aromatic rings. The average Bonchev–Trinajstić information content (AvgIpc) is 3.20. The molecule has 2 rings (SSSR count). The van der Waals surface area contributed by atoms with E-state index in [-0.39, 0.29) is 0 Å². The van der Waals surface area contributed by atoms with Crippen LogP contribution in [0.2, 0.25) is 21.5 Å². The third kappa shape index (κ3) is 3.94. The molecule has 26 heavy (non-hydrogen) atoms. The molecule has 2 aliphatic rings. The molecule has 0 saturated carbocycles. The average molecular weight is 448 g/mol. The Bertz CT molecular complexity index is 605. The van der Waals surface area contributed by atoms with E-state index < -0.39 is 19.1 Å². The summed E-state index contributed by atoms with van der Waals surface area (Å²) in [6.07, 6.45) is 16.6. The standard InChI is InChI=1S/2C10H15.C2H7Si.2ClH.Ti/c2*1-3-5-10-7-6-9(4-2)8-10;1-3-2;;;/h2*6-8H,3-5H2,1-2H3;3H,1-2H3;2*1H;/q;;;;;+2/p-2. The molecule has 0 amide bonds. The van der Waals surface area contributed by atoms with Crippen molar-refractivity contribution in [2.45, 2.75) is 87.8 Å². The second kappa shape index (κ2) is 8.87. The number of hydrogen-bond acceptors (Lipinski definition) is 0. The number of hydrogen-bond donors (Lipinski definition) is 0. The quantitative estimate of drug-likeness (QED) is 0.310. The third-order valence-electron chi connectivity index (χ3n) is 6.49. The summed E-state index contributed by atoms with van der Waals surface area (Å²) in [6.45, 7) is 12.6. The van der Waals surface area contributed by atoms with E-state index in [0.717, 1.165) is 25.7 Å². The van der Waals surface area contributed by atoms with Gasteiger partial charge >= 0.3 is 172 Å². The zero-order valence-corrected chi connectivity index (χ0v) is 21.8. The van der Waals surface area contributed by atoms with Crippen LogP contribution in [0.1, 0.15) is 66.2 Å². The summed E-state index contributed by atoms with van der Waals surface area (Å²) in [5, 5.41) is 0. The van der Waals surface area contributed by atoms with Crippen LogP contribution in [0.15, 0.2) is 46.6 Å². The van der Waals surface area contributed by atoms with Gasteiger partial charge in [0.2, 0.25) is 0 Å². The van der Waals surface area contributed by atoms with Crippen LogP contribution >= 0.6 is 18.6 Å². The van der Waals surface area contributed by atoms with Crippen LogP contribution in [0, 0.1) is 0 Å². The van der Waals surface area contributed by atoms with E-state index in [4.69, 9.17) is 18.6 Å². The molecule has 0 heterocycles. The van der Waals surface area contributed by atoms with Crippen molar-refractivity contribution in [1.82, 2.24) is 0 Å². The van der Waals surface area contributed by atoms with E-state index >= 15 is 0 Å². The minimum atomic E-state index is -3.86. The first-order valence-electron chi connectivity index (χ1n) is 10.6. The van der Waals surface area contributed by atoms with Gasteiger partial charge in [-0.25, -0.2) is 0 Å². The summed E-state index contributed by atoms with van der Waals surface area (Å²) in [5.41, 5.74) is 5.95. The first kappa shape index (κ1) is 22.8. The molecule has 4 heteroatoms. The van der Waals surface area contributed by atoms with Crippen molar-refractivity contribution in [1.29, 1.82) is 0 Å². The monoisotopic (exact) mass is 447 g/mol. The molecular formula is C22H37Cl2SiTi. The van der Waals surface area contributed by atoms with Crippen LogP contribution in [0.3, 0.4) is 0 Å². The Morgan fingerprint density at radius 2 is 1.19 bits per heavy atom. The first-order valence-corrected chi connectivity index (χ1v) is 22.3. The fraction of sp³-hybridized carbons (Fsp3) is 0.636. The van der Waals surface area contributed by atoms with Crippen molar-refractivity contribution in [3.63, 3.8) is 0 Å². The minimum absolute atomic E-state index is 0.328. The van der Waals surface area contributed by atoms with Gasteiger partial charge in [0.25, 0.3) is 0 Å². The zero-order chi connectivity index (χ0) is 19.6. The molecule has 2 atom stereocenters. The van der Waals surface area contributed by atoms with E-state index in [2.05, 4.69) is 65.1 Å². The summed E-state index contributed by atoms with van der Waals surface area (Å²) < 4.78 is 0.657. The molecule has 2 aliphatic carbocycles. The molecule has 0 fully saturated rings. The van der Waals surface area contributed by atoms with Crippen molar-refractivity contribution < 1.29 is 12.4 Å². The van der Waals surface area contributed by atoms with Gasteiger partial charge in [-0.1, -0.05) is 0 Å². The van der Waals surface area contributed by atoms with Crippen LogP contribution in [0.5, 0.6) is 0 Å². The molecule has 147 valence electrons. The third-order valence-corrected chi connectivity index (χ3v) is 42.1. The van der Waals surface area contributed by atoms with Crippen molar-refractivity contribution in [2.24, 2.45) is 0 Å². The molecule has 0 spiro atoms. The predicted molar refractivity (Wildman–Crippen MR) is 121 cm³/mol. The first-order chi connectivity index (χ1) is 12.2. The zero-order valence-electron chi connectivity index (χ0n) is 17.5. The van der Waals surface area contributed by atoms with Gasteiger partial charge in [-0.2, -0.15) is 0 Å². The molecule has 2 unspecified atom stereocenters. The predicted octanol–water partition coefficient (Wildman–Crippen LogP) is 8.70. The van der Waals surface area contributed by atoms with Crippen molar-refractivity contribution in [3.05, 3.63) is 46.6 Å². The molecule has 0 N–H and O–H groups in total. The SMILES string of the molecule is CCCC1=CC(CC)=C[CH]1[Ti]([Cl])([Cl])([CH]1C=C(CC)C=C1CCC)[SiH](C)C. The van der Waals surface area contributed by atoms with Crippen LogP contribution in [-0.4, -0.2) is 6.66 Å². The van der Waals surface area contributed by atoms with Crippen LogP contribution in [0.4, 0.5) is 0 Å². The van der Waals surface area contributed by atoms with Crippen LogP contribution in [0.25, 0.3) is 0 Å². The maximum atomic E-state index is 7.90. The van der Waals surface area contributed by atoms with Gasteiger partial charge < -0.3 is 0 Å². The Hall–Kier alpha value is 0.471. The summed E-state index contributed by atoms with van der Waals surface area (Å²) >= 11 is -3.86. The second-order valence-electron chi connectivity index (χ2n) is 8.46. The Morgan fingerprint density at radius 3 is 1.46 bits per heavy atom. The topological polar surface area (TPSA) is 0 Å². The molecule has 0 aliphatic heterocycles. The molecule has 0 saturated heterocycles. The van der Waals surface area contributed by atoms with Crippen molar-refractivity contribution in [3.8, 4) is 0 Å². The Kier molecular flexibility index (Phi) is 7.76. The van der Waals surface area contributed by atoms with E-state index in [1.165, 1.54) is 35.1 Å². The van der Waals surface area contributed by atoms with E-state index in [1.807, 2.05) is 0 Å². The van der Waals surface area contributed by atoms with E-state index in [1.54, 1.807) is 0 Å². The molecule has 0 bridgehead atoms. The van der Waals surface area contributed by atoms with Crippen LogP contribution < -0.4 is 0 Å². The Morgan fingerprint density at radius 1 is 0.808 bits per heavy atom. The fourth-order valence-corrected chi connectivity index (χ4v) is 24.1. The number of halogens is 2. The van der Waals surface area contributed by atoms with Gasteiger partial charge in [0.1, 0.15) is 0 Å². The van der Waals surface area contributed by atoms with Gasteiger partial charge in [0.15, 0.2) is 0 Å². The second-order valence-corrected chi connectivity index (χ2v) is 37.9. The van der Waals surface area contributed by atoms with Gasteiger partial charge in [-0.05, 0) is 0 Å². The van der Waals surface area contributed by atoms with Gasteiger partial charge in [-0.3, -0.25) is 0 Å². The molecular weight excluding hydrogens is 411 g/mol.